The summed E-state index contributed by atoms with van der Waals surface area (Å²) in [6, 6.07) is 19.5. The molecule has 6 rings (SSSR count). The number of imidazole rings is 1. The summed E-state index contributed by atoms with van der Waals surface area (Å²) in [6.45, 7) is 2.48. The summed E-state index contributed by atoms with van der Waals surface area (Å²) in [5, 5.41) is 37.7. The monoisotopic (exact) mass is 545 g/mol. The van der Waals surface area contributed by atoms with Gasteiger partial charge in [-0.1, -0.05) is 67.6 Å². The molecule has 3 heterocycles. The molecule has 0 spiro atoms. The third kappa shape index (κ3) is 4.84. The zero-order chi connectivity index (χ0) is 26.9. The molecule has 1 aliphatic rings. The van der Waals surface area contributed by atoms with E-state index >= 15 is 0 Å². The van der Waals surface area contributed by atoms with Gasteiger partial charge in [-0.05, 0) is 34.4 Å². The Kier molecular flexibility index (Phi) is 6.94. The van der Waals surface area contributed by atoms with E-state index < -0.39 is 24.3 Å². The maximum Gasteiger partial charge on any atom is 0.226 e. The molecule has 0 amide bonds. The van der Waals surface area contributed by atoms with E-state index in [9.17, 15) is 10.2 Å². The lowest BCUT2D eigenvalue weighted by atomic mass is 9.91. The molecule has 4 atom stereocenters. The summed E-state index contributed by atoms with van der Waals surface area (Å²) < 4.78 is 1.74. The van der Waals surface area contributed by atoms with Gasteiger partial charge >= 0.3 is 0 Å². The van der Waals surface area contributed by atoms with Gasteiger partial charge in [-0.3, -0.25) is 0 Å². The Morgan fingerprint density at radius 1 is 0.974 bits per heavy atom. The smallest absolute Gasteiger partial charge is 0.226 e. The van der Waals surface area contributed by atoms with Crippen molar-refractivity contribution in [2.75, 3.05) is 11.9 Å². The summed E-state index contributed by atoms with van der Waals surface area (Å²) in [5.41, 5.74) is 3.32. The molecule has 3 aromatic heterocycles. The van der Waals surface area contributed by atoms with Gasteiger partial charge in [-0.2, -0.15) is 14.8 Å². The van der Waals surface area contributed by atoms with E-state index in [1.165, 1.54) is 15.9 Å². The van der Waals surface area contributed by atoms with Gasteiger partial charge in [0.15, 0.2) is 22.8 Å². The van der Waals surface area contributed by atoms with Crippen LogP contribution in [0.3, 0.4) is 0 Å². The van der Waals surface area contributed by atoms with Gasteiger partial charge < -0.3 is 20.1 Å². The van der Waals surface area contributed by atoms with Crippen LogP contribution in [0, 0.1) is 0 Å². The predicted octanol–water partition coefficient (Wildman–Crippen LogP) is 3.18. The fraction of sp³-hybridized carbons (Fsp3) is 0.333. The number of hydrogen-bond donors (Lipinski definition) is 3. The Morgan fingerprint density at radius 3 is 2.28 bits per heavy atom. The summed E-state index contributed by atoms with van der Waals surface area (Å²) >= 11 is 6.37. The lowest BCUT2D eigenvalue weighted by Gasteiger charge is -2.20. The molecule has 0 radical (unpaired) electrons. The molecule has 1 aliphatic carbocycles. The molecule has 200 valence electrons. The van der Waals surface area contributed by atoms with E-state index in [0.29, 0.717) is 42.2 Å². The normalized spacial score (nSPS) is 21.2. The second-order valence-electron chi connectivity index (χ2n) is 9.65. The van der Waals surface area contributed by atoms with Gasteiger partial charge in [0.2, 0.25) is 5.28 Å². The number of fused-ring (bicyclic) bond motifs is 1. The summed E-state index contributed by atoms with van der Waals surface area (Å²) in [4.78, 5) is 14.8. The van der Waals surface area contributed by atoms with Gasteiger partial charge in [-0.25, -0.2) is 4.98 Å². The average Bonchev–Trinajstić information content (AvgIpc) is 3.68. The number of nitrogens with zero attached hydrogens (tertiary/aromatic N) is 8. The molecule has 5 aromatic rings. The second kappa shape index (κ2) is 10.7. The minimum Gasteiger partial charge on any atom is -0.388 e. The van der Waals surface area contributed by atoms with Crippen LogP contribution in [-0.2, 0) is 6.42 Å². The first-order valence-corrected chi connectivity index (χ1v) is 13.3. The Labute approximate surface area is 229 Å². The number of aryl methyl sites for hydroxylation is 1. The molecule has 2 aromatic carbocycles. The Balaban J connectivity index is 1.30. The van der Waals surface area contributed by atoms with Crippen molar-refractivity contribution in [1.82, 2.24) is 39.7 Å². The van der Waals surface area contributed by atoms with Crippen LogP contribution in [0.15, 0.2) is 67.0 Å². The van der Waals surface area contributed by atoms with Crippen LogP contribution in [-0.4, -0.2) is 68.7 Å². The van der Waals surface area contributed by atoms with Gasteiger partial charge in [0, 0.05) is 18.9 Å². The Hall–Kier alpha value is -3.93. The third-order valence-corrected chi connectivity index (χ3v) is 7.50. The topological polar surface area (TPSA) is 140 Å². The van der Waals surface area contributed by atoms with Crippen LogP contribution in [0.1, 0.15) is 48.3 Å². The van der Waals surface area contributed by atoms with Crippen molar-refractivity contribution in [3.63, 3.8) is 0 Å². The number of aliphatic hydroxyl groups is 2. The number of hydrogen-bond acceptors (Lipinski definition) is 9. The highest BCUT2D eigenvalue weighted by molar-refractivity contribution is 6.28. The number of nitrogens with one attached hydrogen (secondary N) is 1. The standard InChI is InChI=1S/C27H28ClN9O2/c1-2-21-33-35-37(34-21)20-13-19(23(38)24(20)39)36-15-30-22-25(31-27(28)32-26(22)36)29-14-18(16-9-5-3-6-10-16)17-11-7-4-8-12-17/h3-12,15,18-20,23-24,38-39H,2,13-14H2,1H3,(H,29,31,32)/t19-,20?,23-,24+/m0/s1. The van der Waals surface area contributed by atoms with E-state index in [-0.39, 0.29) is 11.2 Å². The maximum atomic E-state index is 11.0. The van der Waals surface area contributed by atoms with Crippen LogP contribution in [0.4, 0.5) is 5.82 Å². The van der Waals surface area contributed by atoms with E-state index in [0.717, 1.165) is 0 Å². The molecule has 3 N–H and O–H groups in total. The van der Waals surface area contributed by atoms with Gasteiger partial charge in [0.05, 0.1) is 12.4 Å². The molecule has 1 unspecified atom stereocenters. The minimum absolute atomic E-state index is 0.0536. The van der Waals surface area contributed by atoms with E-state index in [1.54, 1.807) is 10.9 Å². The summed E-state index contributed by atoms with van der Waals surface area (Å²) in [7, 11) is 0. The van der Waals surface area contributed by atoms with Crippen molar-refractivity contribution >= 4 is 28.6 Å². The number of anilines is 1. The van der Waals surface area contributed by atoms with Crippen LogP contribution < -0.4 is 5.32 Å². The predicted molar refractivity (Wildman–Crippen MR) is 145 cm³/mol. The maximum absolute atomic E-state index is 11.0. The highest BCUT2D eigenvalue weighted by Gasteiger charge is 2.45. The van der Waals surface area contributed by atoms with Crippen molar-refractivity contribution in [3.8, 4) is 0 Å². The summed E-state index contributed by atoms with van der Waals surface area (Å²) in [6.07, 6.45) is 0.415. The quantitative estimate of drug-likeness (QED) is 0.251. The lowest BCUT2D eigenvalue weighted by molar-refractivity contribution is 0.00473. The first-order chi connectivity index (χ1) is 19.0. The molecular formula is C27H28ClN9O2. The second-order valence-corrected chi connectivity index (χ2v) is 9.99. The number of rotatable bonds is 8. The number of benzene rings is 2. The van der Waals surface area contributed by atoms with E-state index in [4.69, 9.17) is 11.6 Å². The minimum atomic E-state index is -1.09. The highest BCUT2D eigenvalue weighted by atomic mass is 35.5. The number of halogens is 1. The molecule has 0 aliphatic heterocycles. The van der Waals surface area contributed by atoms with Gasteiger partial charge in [-0.15, -0.1) is 10.2 Å². The Morgan fingerprint density at radius 2 is 1.64 bits per heavy atom. The van der Waals surface area contributed by atoms with Crippen LogP contribution in [0.2, 0.25) is 5.28 Å². The summed E-state index contributed by atoms with van der Waals surface area (Å²) in [5.74, 6) is 1.14. The fourth-order valence-electron chi connectivity index (χ4n) is 5.28. The van der Waals surface area contributed by atoms with Gasteiger partial charge in [0.25, 0.3) is 0 Å². The molecule has 39 heavy (non-hydrogen) atoms. The number of tetrazole rings is 1. The molecule has 12 heteroatoms. The zero-order valence-electron chi connectivity index (χ0n) is 21.2. The SMILES string of the molecule is CCc1nnn(C2C[C@H](n3cnc4c(NCC(c5ccccc5)c5ccccc5)nc(Cl)nc43)[C@H](O)[C@@H]2O)n1. The molecule has 0 saturated heterocycles. The van der Waals surface area contributed by atoms with Crippen molar-refractivity contribution < 1.29 is 10.2 Å². The number of aliphatic hydroxyl groups excluding tert-OH is 2. The molecular weight excluding hydrogens is 518 g/mol. The van der Waals surface area contributed by atoms with E-state index in [2.05, 4.69) is 59.9 Å². The molecule has 0 bridgehead atoms. The van der Waals surface area contributed by atoms with E-state index in [1.807, 2.05) is 43.3 Å². The van der Waals surface area contributed by atoms with Crippen LogP contribution in [0.25, 0.3) is 11.2 Å². The van der Waals surface area contributed by atoms with Crippen molar-refractivity contribution in [2.45, 2.75) is 50.0 Å². The molecule has 1 saturated carbocycles. The largest absolute Gasteiger partial charge is 0.388 e. The van der Waals surface area contributed by atoms with Crippen molar-refractivity contribution in [1.29, 1.82) is 0 Å². The molecule has 11 nitrogen and oxygen atoms in total. The zero-order valence-corrected chi connectivity index (χ0v) is 22.0. The Bertz CT molecular complexity index is 1520. The highest BCUT2D eigenvalue weighted by Crippen LogP contribution is 2.39. The van der Waals surface area contributed by atoms with Crippen LogP contribution >= 0.6 is 11.6 Å². The first-order valence-electron chi connectivity index (χ1n) is 12.9. The van der Waals surface area contributed by atoms with Crippen LogP contribution in [0.5, 0.6) is 0 Å². The lowest BCUT2D eigenvalue weighted by Crippen LogP contribution is -2.31. The fourth-order valence-corrected chi connectivity index (χ4v) is 5.45. The number of aromatic nitrogens is 8. The van der Waals surface area contributed by atoms with Crippen molar-refractivity contribution in [2.24, 2.45) is 0 Å². The average molecular weight is 546 g/mol. The van der Waals surface area contributed by atoms with Crippen molar-refractivity contribution in [3.05, 3.63) is 89.2 Å². The first kappa shape index (κ1) is 25.4. The molecule has 1 fully saturated rings. The third-order valence-electron chi connectivity index (χ3n) is 7.33. The van der Waals surface area contributed by atoms with Gasteiger partial charge in [0.1, 0.15) is 18.2 Å².